The monoisotopic (exact) mass is 437 g/mol. The Kier molecular flexibility index (Phi) is 5.89. The lowest BCUT2D eigenvalue weighted by Gasteiger charge is -2.13. The van der Waals surface area contributed by atoms with Crippen molar-refractivity contribution < 1.29 is 18.8 Å². The Balaban J connectivity index is 1.57. The number of ether oxygens (including phenoxy) is 1. The highest BCUT2D eigenvalue weighted by Crippen LogP contribution is 2.25. The van der Waals surface area contributed by atoms with Crippen molar-refractivity contribution >= 4 is 29.0 Å². The summed E-state index contributed by atoms with van der Waals surface area (Å²) in [6, 6.07) is 14.7. The Morgan fingerprint density at radius 2 is 2.03 bits per heavy atom. The molecule has 10 heteroatoms. The van der Waals surface area contributed by atoms with Crippen molar-refractivity contribution in [2.75, 3.05) is 5.32 Å². The number of hydrogen-bond acceptors (Lipinski definition) is 8. The molecule has 31 heavy (non-hydrogen) atoms. The molecule has 0 spiro atoms. The van der Waals surface area contributed by atoms with E-state index in [0.29, 0.717) is 11.6 Å². The van der Waals surface area contributed by atoms with E-state index in [-0.39, 0.29) is 18.1 Å². The number of nitrogens with zero attached hydrogens (tertiary/aromatic N) is 4. The number of thiophene rings is 1. The zero-order valence-corrected chi connectivity index (χ0v) is 17.6. The van der Waals surface area contributed by atoms with E-state index in [2.05, 4.69) is 20.6 Å². The van der Waals surface area contributed by atoms with Crippen LogP contribution in [0.5, 0.6) is 0 Å². The first kappa shape index (κ1) is 20.5. The largest absolute Gasteiger partial charge is 0.446 e. The molecule has 0 aliphatic heterocycles. The number of nitrogens with one attached hydrogen (secondary N) is 1. The fourth-order valence-electron chi connectivity index (χ4n) is 2.85. The number of aryl methyl sites for hydroxylation is 1. The first-order valence-electron chi connectivity index (χ1n) is 9.56. The molecule has 3 heterocycles. The number of hydrogen-bond donors (Lipinski definition) is 1. The molecular formula is C21H19N5O4S. The van der Waals surface area contributed by atoms with Crippen LogP contribution in [-0.4, -0.2) is 37.9 Å². The third kappa shape index (κ3) is 4.53. The molecule has 158 valence electrons. The van der Waals surface area contributed by atoms with Gasteiger partial charge in [0.1, 0.15) is 5.76 Å². The quantitative estimate of drug-likeness (QED) is 0.437. The van der Waals surface area contributed by atoms with Gasteiger partial charge in [0.15, 0.2) is 17.7 Å². The van der Waals surface area contributed by atoms with Crippen molar-refractivity contribution in [1.29, 1.82) is 0 Å². The predicted molar refractivity (Wildman–Crippen MR) is 114 cm³/mol. The minimum atomic E-state index is -1.03. The lowest BCUT2D eigenvalue weighted by molar-refractivity contribution is -0.124. The number of amides is 1. The van der Waals surface area contributed by atoms with Crippen LogP contribution in [0.4, 0.5) is 5.82 Å². The molecule has 1 aromatic carbocycles. The molecule has 0 radical (unpaired) electrons. The molecule has 3 aromatic heterocycles. The maximum absolute atomic E-state index is 12.8. The van der Waals surface area contributed by atoms with Crippen molar-refractivity contribution in [2.24, 2.45) is 0 Å². The highest BCUT2D eigenvalue weighted by Gasteiger charge is 2.27. The molecule has 0 saturated carbocycles. The average molecular weight is 437 g/mol. The molecule has 0 bridgehead atoms. The van der Waals surface area contributed by atoms with E-state index in [1.54, 1.807) is 24.6 Å². The van der Waals surface area contributed by atoms with E-state index in [1.165, 1.54) is 11.3 Å². The summed E-state index contributed by atoms with van der Waals surface area (Å²) in [6.45, 7) is 3.44. The van der Waals surface area contributed by atoms with Crippen molar-refractivity contribution in [2.45, 2.75) is 26.4 Å². The van der Waals surface area contributed by atoms with Crippen molar-refractivity contribution in [3.63, 3.8) is 0 Å². The van der Waals surface area contributed by atoms with Crippen LogP contribution in [0.2, 0.25) is 0 Å². The molecule has 0 aliphatic carbocycles. The smallest absolute Gasteiger partial charge is 0.379 e. The number of carbonyl (C=O) groups excluding carboxylic acids is 2. The maximum Gasteiger partial charge on any atom is 0.379 e. The van der Waals surface area contributed by atoms with Gasteiger partial charge in [-0.25, -0.2) is 9.48 Å². The van der Waals surface area contributed by atoms with Gasteiger partial charge in [-0.3, -0.25) is 4.79 Å². The Hall–Kier alpha value is -3.79. The zero-order chi connectivity index (χ0) is 21.8. The summed E-state index contributed by atoms with van der Waals surface area (Å²) in [5, 5.41) is 12.5. The fourth-order valence-corrected chi connectivity index (χ4v) is 3.55. The average Bonchev–Trinajstić information content (AvgIpc) is 3.53. The number of para-hydroxylation sites is 1. The zero-order valence-electron chi connectivity index (χ0n) is 16.8. The van der Waals surface area contributed by atoms with E-state index >= 15 is 0 Å². The molecule has 1 unspecified atom stereocenters. The minimum absolute atomic E-state index is 0.129. The van der Waals surface area contributed by atoms with Crippen molar-refractivity contribution in [3.8, 4) is 16.4 Å². The summed E-state index contributed by atoms with van der Waals surface area (Å²) in [5.74, 6) is -0.101. The molecule has 4 aromatic rings. The molecule has 1 N–H and O–H groups in total. The van der Waals surface area contributed by atoms with Crippen LogP contribution >= 0.6 is 11.3 Å². The molecular weight excluding hydrogens is 418 g/mol. The SMILES string of the molecule is CCC(OC(=O)c1nc(-c2cccs2)n(-c2ccccc2)n1)C(=O)Nc1cc(C)on1. The summed E-state index contributed by atoms with van der Waals surface area (Å²) in [6.07, 6.45) is -0.760. The van der Waals surface area contributed by atoms with Gasteiger partial charge in [-0.15, -0.1) is 16.4 Å². The summed E-state index contributed by atoms with van der Waals surface area (Å²) in [5.41, 5.74) is 0.753. The van der Waals surface area contributed by atoms with Crippen LogP contribution in [0.25, 0.3) is 16.4 Å². The minimum Gasteiger partial charge on any atom is -0.446 e. The predicted octanol–water partition coefficient (Wildman–Crippen LogP) is 3.87. The Morgan fingerprint density at radius 3 is 2.68 bits per heavy atom. The number of aromatic nitrogens is 4. The van der Waals surface area contributed by atoms with Crippen LogP contribution in [-0.2, 0) is 9.53 Å². The lowest BCUT2D eigenvalue weighted by Crippen LogP contribution is -2.32. The molecule has 4 rings (SSSR count). The van der Waals surface area contributed by atoms with Gasteiger partial charge in [-0.2, -0.15) is 4.98 Å². The van der Waals surface area contributed by atoms with Crippen LogP contribution in [0.3, 0.4) is 0 Å². The molecule has 1 atom stereocenters. The lowest BCUT2D eigenvalue weighted by atomic mass is 10.2. The Morgan fingerprint density at radius 1 is 1.23 bits per heavy atom. The second kappa shape index (κ2) is 8.92. The van der Waals surface area contributed by atoms with E-state index in [9.17, 15) is 9.59 Å². The second-order valence-electron chi connectivity index (χ2n) is 6.60. The standard InChI is InChI=1S/C21H19N5O4S/c1-3-15(20(27)22-17-12-13(2)30-25-17)29-21(28)18-23-19(16-10-7-11-31-16)26(24-18)14-8-5-4-6-9-14/h4-12,15H,3H2,1-2H3,(H,22,25,27). The summed E-state index contributed by atoms with van der Waals surface area (Å²) in [7, 11) is 0. The van der Waals surface area contributed by atoms with Crippen LogP contribution in [0.1, 0.15) is 29.7 Å². The first-order chi connectivity index (χ1) is 15.0. The van der Waals surface area contributed by atoms with Crippen molar-refractivity contribution in [3.05, 3.63) is 65.5 Å². The molecule has 0 fully saturated rings. The molecule has 0 saturated heterocycles. The Labute approximate surface area is 181 Å². The van der Waals surface area contributed by atoms with Gasteiger partial charge in [0.25, 0.3) is 11.7 Å². The van der Waals surface area contributed by atoms with Gasteiger partial charge in [0.05, 0.1) is 10.6 Å². The topological polar surface area (TPSA) is 112 Å². The summed E-state index contributed by atoms with van der Waals surface area (Å²) < 4.78 is 11.9. The van der Waals surface area contributed by atoms with E-state index in [4.69, 9.17) is 9.26 Å². The first-order valence-corrected chi connectivity index (χ1v) is 10.4. The van der Waals surface area contributed by atoms with Gasteiger partial charge in [-0.1, -0.05) is 36.3 Å². The third-order valence-electron chi connectivity index (χ3n) is 4.32. The maximum atomic E-state index is 12.8. The van der Waals surface area contributed by atoms with Gasteiger partial charge in [0, 0.05) is 6.07 Å². The fraction of sp³-hybridized carbons (Fsp3) is 0.190. The van der Waals surface area contributed by atoms with Crippen molar-refractivity contribution in [1.82, 2.24) is 19.9 Å². The Bertz CT molecular complexity index is 1180. The normalized spacial score (nSPS) is 11.8. The number of benzene rings is 1. The highest BCUT2D eigenvalue weighted by molar-refractivity contribution is 7.13. The van der Waals surface area contributed by atoms with E-state index in [0.717, 1.165) is 10.6 Å². The molecule has 0 aliphatic rings. The molecule has 9 nitrogen and oxygen atoms in total. The molecule has 1 amide bonds. The van der Waals surface area contributed by atoms with E-state index in [1.807, 2.05) is 47.8 Å². The number of anilines is 1. The summed E-state index contributed by atoms with van der Waals surface area (Å²) in [4.78, 5) is 30.5. The second-order valence-corrected chi connectivity index (χ2v) is 7.55. The van der Waals surface area contributed by atoms with E-state index < -0.39 is 18.0 Å². The number of rotatable bonds is 7. The van der Waals surface area contributed by atoms with Gasteiger partial charge in [0.2, 0.25) is 0 Å². The van der Waals surface area contributed by atoms with Gasteiger partial charge < -0.3 is 14.6 Å². The van der Waals surface area contributed by atoms with Crippen LogP contribution in [0, 0.1) is 6.92 Å². The van der Waals surface area contributed by atoms with Crippen LogP contribution in [0.15, 0.2) is 58.4 Å². The number of esters is 1. The van der Waals surface area contributed by atoms with Crippen LogP contribution < -0.4 is 5.32 Å². The third-order valence-corrected chi connectivity index (χ3v) is 5.19. The van der Waals surface area contributed by atoms with Gasteiger partial charge >= 0.3 is 5.97 Å². The van der Waals surface area contributed by atoms with Gasteiger partial charge in [-0.05, 0) is 36.9 Å². The number of carbonyl (C=O) groups is 2. The highest BCUT2D eigenvalue weighted by atomic mass is 32.1. The summed E-state index contributed by atoms with van der Waals surface area (Å²) >= 11 is 1.48.